The molecule has 96 valence electrons. The average molecular weight is 264 g/mol. The third kappa shape index (κ3) is 3.57. The van der Waals surface area contributed by atoms with E-state index in [2.05, 4.69) is 0 Å². The molecule has 0 aromatic heterocycles. The smallest absolute Gasteiger partial charge is 0.339 e. The number of hydrogen-bond acceptors (Lipinski definition) is 3. The van der Waals surface area contributed by atoms with E-state index >= 15 is 0 Å². The van der Waals surface area contributed by atoms with Crippen molar-refractivity contribution in [3.05, 3.63) is 29.1 Å². The van der Waals surface area contributed by atoms with E-state index < -0.39 is 29.1 Å². The molecule has 0 aliphatic carbocycles. The summed E-state index contributed by atoms with van der Waals surface area (Å²) in [6.45, 7) is 1.90. The van der Waals surface area contributed by atoms with Crippen LogP contribution in [0.5, 0.6) is 5.75 Å². The van der Waals surface area contributed by atoms with Crippen LogP contribution in [0, 0.1) is 5.82 Å². The molecule has 0 heterocycles. The normalized spacial score (nSPS) is 11.7. The minimum atomic E-state index is -1.37. The second-order valence-corrected chi connectivity index (χ2v) is 3.59. The van der Waals surface area contributed by atoms with E-state index in [4.69, 9.17) is 10.8 Å². The monoisotopic (exact) mass is 263 g/mol. The van der Waals surface area contributed by atoms with E-state index in [-0.39, 0.29) is 18.0 Å². The summed E-state index contributed by atoms with van der Waals surface area (Å²) in [4.78, 5) is 10.7. The molecule has 1 aromatic carbocycles. The van der Waals surface area contributed by atoms with Gasteiger partial charge in [-0.2, -0.15) is 0 Å². The Morgan fingerprint density at radius 1 is 1.53 bits per heavy atom. The number of nitrogens with two attached hydrogens (primary N) is 1. The van der Waals surface area contributed by atoms with Crippen LogP contribution in [-0.2, 0) is 0 Å². The van der Waals surface area contributed by atoms with Gasteiger partial charge in [0.05, 0.1) is 0 Å². The molecule has 0 unspecified atom stereocenters. The molecule has 0 saturated heterocycles. The van der Waals surface area contributed by atoms with Gasteiger partial charge >= 0.3 is 5.97 Å². The number of phenols is 1. The van der Waals surface area contributed by atoms with Crippen LogP contribution in [0.25, 0.3) is 0 Å². The van der Waals surface area contributed by atoms with Crippen molar-refractivity contribution in [2.75, 3.05) is 0 Å². The maximum Gasteiger partial charge on any atom is 0.339 e. The summed E-state index contributed by atoms with van der Waals surface area (Å²) in [7, 11) is 0. The largest absolute Gasteiger partial charge is 0.507 e. The van der Waals surface area contributed by atoms with E-state index in [1.54, 1.807) is 0 Å². The first kappa shape index (κ1) is 15.7. The highest BCUT2D eigenvalue weighted by Crippen LogP contribution is 2.30. The Morgan fingerprint density at radius 3 is 2.59 bits per heavy atom. The lowest BCUT2D eigenvalue weighted by Gasteiger charge is -2.14. The Morgan fingerprint density at radius 2 is 2.12 bits per heavy atom. The summed E-state index contributed by atoms with van der Waals surface area (Å²) in [6.07, 6.45) is 1.32. The predicted molar refractivity (Wildman–Crippen MR) is 64.1 cm³/mol. The highest BCUT2D eigenvalue weighted by molar-refractivity contribution is 5.91. The number of aromatic hydroxyl groups is 1. The highest BCUT2D eigenvalue weighted by atomic mass is 35.5. The number of hydrogen-bond donors (Lipinski definition) is 3. The fourth-order valence-corrected chi connectivity index (χ4v) is 1.53. The molecule has 1 atom stereocenters. The Balaban J connectivity index is 0.00000256. The van der Waals surface area contributed by atoms with E-state index in [9.17, 15) is 14.3 Å². The lowest BCUT2D eigenvalue weighted by molar-refractivity contribution is 0.0693. The fourth-order valence-electron chi connectivity index (χ4n) is 1.53. The van der Waals surface area contributed by atoms with Gasteiger partial charge in [-0.25, -0.2) is 9.18 Å². The molecule has 1 aromatic rings. The van der Waals surface area contributed by atoms with Crippen LogP contribution in [0.3, 0.4) is 0 Å². The number of aromatic carboxylic acids is 1. The Labute approximate surface area is 105 Å². The van der Waals surface area contributed by atoms with Crippen molar-refractivity contribution in [3.8, 4) is 5.75 Å². The van der Waals surface area contributed by atoms with E-state index in [1.807, 2.05) is 6.92 Å². The molecule has 0 aliphatic heterocycles. The highest BCUT2D eigenvalue weighted by Gasteiger charge is 2.19. The molecule has 0 aliphatic rings. The third-order valence-electron chi connectivity index (χ3n) is 2.33. The minimum absolute atomic E-state index is 0. The van der Waals surface area contributed by atoms with Gasteiger partial charge in [0, 0.05) is 11.6 Å². The number of carbonyl (C=O) groups is 1. The van der Waals surface area contributed by atoms with Gasteiger partial charge in [0.1, 0.15) is 17.1 Å². The quantitative estimate of drug-likeness (QED) is 0.779. The first-order chi connectivity index (χ1) is 7.47. The van der Waals surface area contributed by atoms with Crippen LogP contribution in [0.2, 0.25) is 0 Å². The SMILES string of the molecule is CCC[C@H](N)c1cc(F)cc(C(=O)O)c1O.Cl. The molecule has 0 fully saturated rings. The number of halogens is 2. The van der Waals surface area contributed by atoms with Crippen LogP contribution < -0.4 is 5.73 Å². The van der Waals surface area contributed by atoms with Gasteiger partial charge in [0.25, 0.3) is 0 Å². The van der Waals surface area contributed by atoms with Crippen molar-refractivity contribution in [2.24, 2.45) is 5.73 Å². The van der Waals surface area contributed by atoms with Gasteiger partial charge in [-0.05, 0) is 18.6 Å². The minimum Gasteiger partial charge on any atom is -0.507 e. The van der Waals surface area contributed by atoms with Crippen molar-refractivity contribution in [3.63, 3.8) is 0 Å². The molecule has 4 nitrogen and oxygen atoms in total. The van der Waals surface area contributed by atoms with E-state index in [0.717, 1.165) is 18.6 Å². The summed E-state index contributed by atoms with van der Waals surface area (Å²) in [5.41, 5.74) is 5.41. The lowest BCUT2D eigenvalue weighted by Crippen LogP contribution is -2.12. The van der Waals surface area contributed by atoms with Gasteiger partial charge in [-0.15, -0.1) is 12.4 Å². The van der Waals surface area contributed by atoms with Crippen molar-refractivity contribution >= 4 is 18.4 Å². The third-order valence-corrected chi connectivity index (χ3v) is 2.33. The second-order valence-electron chi connectivity index (χ2n) is 3.59. The van der Waals surface area contributed by atoms with Crippen LogP contribution in [0.15, 0.2) is 12.1 Å². The first-order valence-electron chi connectivity index (χ1n) is 4.98. The topological polar surface area (TPSA) is 83.6 Å². The zero-order valence-electron chi connectivity index (χ0n) is 9.31. The van der Waals surface area contributed by atoms with Crippen molar-refractivity contribution in [1.82, 2.24) is 0 Å². The van der Waals surface area contributed by atoms with E-state index in [0.29, 0.717) is 6.42 Å². The molecule has 17 heavy (non-hydrogen) atoms. The van der Waals surface area contributed by atoms with Crippen LogP contribution >= 0.6 is 12.4 Å². The molecular formula is C11H15ClFNO3. The molecule has 0 bridgehead atoms. The summed E-state index contributed by atoms with van der Waals surface area (Å²) < 4.78 is 13.1. The maximum absolute atomic E-state index is 13.1. The fraction of sp³-hybridized carbons (Fsp3) is 0.364. The molecule has 1 rings (SSSR count). The molecule has 0 spiro atoms. The van der Waals surface area contributed by atoms with E-state index in [1.165, 1.54) is 0 Å². The number of benzene rings is 1. The van der Waals surface area contributed by atoms with Crippen molar-refractivity contribution in [2.45, 2.75) is 25.8 Å². The zero-order chi connectivity index (χ0) is 12.3. The molecular weight excluding hydrogens is 249 g/mol. The van der Waals surface area contributed by atoms with Gasteiger partial charge < -0.3 is 15.9 Å². The molecule has 0 saturated carbocycles. The lowest BCUT2D eigenvalue weighted by atomic mass is 9.99. The number of carboxylic acids is 1. The first-order valence-corrected chi connectivity index (χ1v) is 4.98. The standard InChI is InChI=1S/C11H14FNO3.ClH/c1-2-3-9(13)7-4-6(12)5-8(10(7)14)11(15)16;/h4-5,9,14H,2-3,13H2,1H3,(H,15,16);1H/t9-;/m0./s1. The summed E-state index contributed by atoms with van der Waals surface area (Å²) >= 11 is 0. The molecule has 0 radical (unpaired) electrons. The zero-order valence-corrected chi connectivity index (χ0v) is 10.1. The average Bonchev–Trinajstić information content (AvgIpc) is 2.20. The van der Waals surface area contributed by atoms with Gasteiger partial charge in [0.15, 0.2) is 0 Å². The van der Waals surface area contributed by atoms with Gasteiger partial charge in [-0.3, -0.25) is 0 Å². The summed E-state index contributed by atoms with van der Waals surface area (Å²) in [5.74, 6) is -2.53. The summed E-state index contributed by atoms with van der Waals surface area (Å²) in [6, 6.07) is 1.29. The van der Waals surface area contributed by atoms with Gasteiger partial charge in [0.2, 0.25) is 0 Å². The Kier molecular flexibility index (Phi) is 5.91. The molecule has 0 amide bonds. The van der Waals surface area contributed by atoms with Crippen LogP contribution in [0.4, 0.5) is 4.39 Å². The Hall–Kier alpha value is -1.33. The predicted octanol–water partition coefficient (Wildman–Crippen LogP) is 2.45. The molecule has 4 N–H and O–H groups in total. The number of carboxylic acid groups (broad SMARTS) is 1. The van der Waals surface area contributed by atoms with Crippen molar-refractivity contribution < 1.29 is 19.4 Å². The van der Waals surface area contributed by atoms with Crippen LogP contribution in [0.1, 0.15) is 41.7 Å². The maximum atomic E-state index is 13.1. The Bertz CT molecular complexity index is 412. The molecule has 6 heteroatoms. The van der Waals surface area contributed by atoms with Crippen LogP contribution in [-0.4, -0.2) is 16.2 Å². The number of rotatable bonds is 4. The summed E-state index contributed by atoms with van der Waals surface area (Å²) in [5, 5.41) is 18.4. The second kappa shape index (κ2) is 6.42. The van der Waals surface area contributed by atoms with Gasteiger partial charge in [-0.1, -0.05) is 13.3 Å². The van der Waals surface area contributed by atoms with Crippen molar-refractivity contribution in [1.29, 1.82) is 0 Å².